The fraction of sp³-hybridized carbons (Fsp3) is 0.115. The van der Waals surface area contributed by atoms with Gasteiger partial charge in [-0.25, -0.2) is 0 Å². The van der Waals surface area contributed by atoms with Crippen LogP contribution in [-0.2, 0) is 0 Å². The molecular formula is C26H24N2O6. The molecule has 0 aliphatic rings. The molecule has 3 aromatic carbocycles. The lowest BCUT2D eigenvalue weighted by molar-refractivity contribution is -0.384. The van der Waals surface area contributed by atoms with E-state index in [2.05, 4.69) is 5.32 Å². The van der Waals surface area contributed by atoms with Gasteiger partial charge in [0.05, 0.1) is 26.3 Å². The number of rotatable bonds is 10. The highest BCUT2D eigenvalue weighted by molar-refractivity contribution is 6.04. The zero-order chi connectivity index (χ0) is 24.5. The standard InChI is InChI=1S/C26H24N2O6/c1-32-24-16-18(17-25(33-2)26(24)34-3)8-9-19-6-4-5-7-22(19)27-15-14-23(29)20-10-12-21(13-11-20)28(30)31/h4-17,27H,1-3H3. The summed E-state index contributed by atoms with van der Waals surface area (Å²) in [5.74, 6) is 1.36. The number of allylic oxidation sites excluding steroid dienone is 1. The number of methoxy groups -OCH3 is 3. The van der Waals surface area contributed by atoms with Crippen molar-refractivity contribution < 1.29 is 23.9 Å². The fourth-order valence-corrected chi connectivity index (χ4v) is 3.21. The molecule has 0 saturated carbocycles. The molecule has 3 rings (SSSR count). The van der Waals surface area contributed by atoms with E-state index in [9.17, 15) is 14.9 Å². The Labute approximate surface area is 197 Å². The number of non-ortho nitro benzene ring substituents is 1. The Morgan fingerprint density at radius 2 is 1.56 bits per heavy atom. The lowest BCUT2D eigenvalue weighted by Crippen LogP contribution is -1.97. The molecule has 0 bridgehead atoms. The number of para-hydroxylation sites is 1. The molecule has 0 aliphatic carbocycles. The molecule has 0 heterocycles. The average Bonchev–Trinajstić information content (AvgIpc) is 2.87. The van der Waals surface area contributed by atoms with Gasteiger partial charge in [-0.15, -0.1) is 0 Å². The number of carbonyl (C=O) groups is 1. The van der Waals surface area contributed by atoms with Crippen molar-refractivity contribution >= 4 is 29.3 Å². The lowest BCUT2D eigenvalue weighted by atomic mass is 10.1. The molecule has 8 heteroatoms. The Morgan fingerprint density at radius 3 is 2.15 bits per heavy atom. The van der Waals surface area contributed by atoms with Crippen LogP contribution in [0.5, 0.6) is 17.2 Å². The van der Waals surface area contributed by atoms with Gasteiger partial charge >= 0.3 is 0 Å². The van der Waals surface area contributed by atoms with Gasteiger partial charge in [-0.3, -0.25) is 14.9 Å². The van der Waals surface area contributed by atoms with Crippen LogP contribution >= 0.6 is 0 Å². The normalized spacial score (nSPS) is 10.9. The molecule has 0 spiro atoms. The molecule has 0 aromatic heterocycles. The van der Waals surface area contributed by atoms with E-state index < -0.39 is 4.92 Å². The summed E-state index contributed by atoms with van der Waals surface area (Å²) >= 11 is 0. The summed E-state index contributed by atoms with van der Waals surface area (Å²) in [5, 5.41) is 13.9. The smallest absolute Gasteiger partial charge is 0.269 e. The molecule has 0 radical (unpaired) electrons. The Kier molecular flexibility index (Phi) is 8.02. The molecule has 0 fully saturated rings. The summed E-state index contributed by atoms with van der Waals surface area (Å²) in [7, 11) is 4.68. The predicted molar refractivity (Wildman–Crippen MR) is 132 cm³/mol. The maximum Gasteiger partial charge on any atom is 0.269 e. The van der Waals surface area contributed by atoms with Gasteiger partial charge in [-0.05, 0) is 41.5 Å². The van der Waals surface area contributed by atoms with Crippen LogP contribution < -0.4 is 19.5 Å². The van der Waals surface area contributed by atoms with Crippen LogP contribution in [0.2, 0.25) is 0 Å². The van der Waals surface area contributed by atoms with E-state index in [-0.39, 0.29) is 11.5 Å². The molecule has 0 amide bonds. The third-order valence-corrected chi connectivity index (χ3v) is 4.94. The molecule has 174 valence electrons. The fourth-order valence-electron chi connectivity index (χ4n) is 3.21. The number of nitro benzene ring substituents is 1. The number of ketones is 1. The van der Waals surface area contributed by atoms with Gasteiger partial charge < -0.3 is 19.5 Å². The minimum Gasteiger partial charge on any atom is -0.493 e. The molecular weight excluding hydrogens is 436 g/mol. The van der Waals surface area contributed by atoms with Crippen molar-refractivity contribution in [3.63, 3.8) is 0 Å². The number of nitrogens with zero attached hydrogens (tertiary/aromatic N) is 1. The number of carbonyl (C=O) groups excluding carboxylic acids is 1. The number of ether oxygens (including phenoxy) is 3. The van der Waals surface area contributed by atoms with Gasteiger partial charge in [0.15, 0.2) is 17.3 Å². The first-order valence-electron chi connectivity index (χ1n) is 10.3. The highest BCUT2D eigenvalue weighted by atomic mass is 16.6. The lowest BCUT2D eigenvalue weighted by Gasteiger charge is -2.13. The number of benzene rings is 3. The average molecular weight is 460 g/mol. The third kappa shape index (κ3) is 5.80. The van der Waals surface area contributed by atoms with Gasteiger partial charge in [0.2, 0.25) is 5.75 Å². The maximum atomic E-state index is 12.3. The van der Waals surface area contributed by atoms with Crippen LogP contribution in [0.15, 0.2) is 72.9 Å². The minimum absolute atomic E-state index is 0.0635. The molecule has 0 unspecified atom stereocenters. The van der Waals surface area contributed by atoms with Crippen LogP contribution in [0, 0.1) is 10.1 Å². The maximum absolute atomic E-state index is 12.3. The Bertz CT molecular complexity index is 1210. The van der Waals surface area contributed by atoms with Gasteiger partial charge in [-0.2, -0.15) is 0 Å². The summed E-state index contributed by atoms with van der Waals surface area (Å²) < 4.78 is 16.2. The van der Waals surface area contributed by atoms with Crippen molar-refractivity contribution in [2.24, 2.45) is 0 Å². The van der Waals surface area contributed by atoms with Crippen LogP contribution in [0.1, 0.15) is 21.5 Å². The van der Waals surface area contributed by atoms with Crippen LogP contribution in [0.4, 0.5) is 11.4 Å². The van der Waals surface area contributed by atoms with Gasteiger partial charge in [0.25, 0.3) is 5.69 Å². The van der Waals surface area contributed by atoms with E-state index >= 15 is 0 Å². The second kappa shape index (κ2) is 11.3. The summed E-state index contributed by atoms with van der Waals surface area (Å²) in [6.45, 7) is 0. The quantitative estimate of drug-likeness (QED) is 0.138. The van der Waals surface area contributed by atoms with Gasteiger partial charge in [0.1, 0.15) is 0 Å². The summed E-state index contributed by atoms with van der Waals surface area (Å²) in [4.78, 5) is 22.6. The van der Waals surface area contributed by atoms with Crippen molar-refractivity contribution in [1.82, 2.24) is 0 Å². The Morgan fingerprint density at radius 1 is 0.912 bits per heavy atom. The van der Waals surface area contributed by atoms with E-state index in [0.717, 1.165) is 16.8 Å². The number of nitro groups is 1. The SMILES string of the molecule is COc1cc(C=Cc2ccccc2NC=CC(=O)c2ccc([N+](=O)[O-])cc2)cc(OC)c1OC. The highest BCUT2D eigenvalue weighted by Gasteiger charge is 2.12. The second-order valence-electron chi connectivity index (χ2n) is 7.03. The third-order valence-electron chi connectivity index (χ3n) is 4.94. The Balaban J connectivity index is 1.75. The molecule has 8 nitrogen and oxygen atoms in total. The second-order valence-corrected chi connectivity index (χ2v) is 7.03. The summed E-state index contributed by atoms with van der Waals surface area (Å²) in [6, 6.07) is 16.8. The first-order chi connectivity index (χ1) is 16.5. The van der Waals surface area contributed by atoms with E-state index in [1.807, 2.05) is 48.6 Å². The van der Waals surface area contributed by atoms with Gasteiger partial charge in [-0.1, -0.05) is 30.4 Å². The first kappa shape index (κ1) is 24.1. The number of anilines is 1. The first-order valence-corrected chi connectivity index (χ1v) is 10.3. The molecule has 0 aliphatic heterocycles. The molecule has 3 aromatic rings. The van der Waals surface area contributed by atoms with E-state index in [1.54, 1.807) is 21.3 Å². The van der Waals surface area contributed by atoms with Crippen LogP contribution in [0.3, 0.4) is 0 Å². The zero-order valence-corrected chi connectivity index (χ0v) is 19.0. The number of hydrogen-bond acceptors (Lipinski definition) is 7. The van der Waals surface area contributed by atoms with Gasteiger partial charge in [0, 0.05) is 35.7 Å². The van der Waals surface area contributed by atoms with Crippen molar-refractivity contribution in [3.8, 4) is 17.2 Å². The number of nitrogens with one attached hydrogen (secondary N) is 1. The molecule has 1 N–H and O–H groups in total. The summed E-state index contributed by atoms with van der Waals surface area (Å²) in [6.07, 6.45) is 6.75. The van der Waals surface area contributed by atoms with Crippen molar-refractivity contribution in [2.75, 3.05) is 26.6 Å². The van der Waals surface area contributed by atoms with Crippen molar-refractivity contribution in [2.45, 2.75) is 0 Å². The molecule has 0 saturated heterocycles. The van der Waals surface area contributed by atoms with Crippen LogP contribution in [0.25, 0.3) is 12.2 Å². The molecule has 0 atom stereocenters. The summed E-state index contributed by atoms with van der Waals surface area (Å²) in [5.41, 5.74) is 2.83. The van der Waals surface area contributed by atoms with E-state index in [0.29, 0.717) is 22.8 Å². The van der Waals surface area contributed by atoms with Crippen LogP contribution in [-0.4, -0.2) is 32.0 Å². The van der Waals surface area contributed by atoms with Crippen molar-refractivity contribution in [1.29, 1.82) is 0 Å². The monoisotopic (exact) mass is 460 g/mol. The number of hydrogen-bond donors (Lipinski definition) is 1. The van der Waals surface area contributed by atoms with E-state index in [1.165, 1.54) is 36.5 Å². The molecule has 34 heavy (non-hydrogen) atoms. The highest BCUT2D eigenvalue weighted by Crippen LogP contribution is 2.38. The Hall–Kier alpha value is -4.59. The zero-order valence-electron chi connectivity index (χ0n) is 19.0. The largest absolute Gasteiger partial charge is 0.493 e. The van der Waals surface area contributed by atoms with Crippen molar-refractivity contribution in [3.05, 3.63) is 99.7 Å². The van der Waals surface area contributed by atoms with E-state index in [4.69, 9.17) is 14.2 Å². The minimum atomic E-state index is -0.506. The topological polar surface area (TPSA) is 99.9 Å². The predicted octanol–water partition coefficient (Wildman–Crippen LogP) is 5.60.